The number of aldehydes is 1. The molecule has 0 bridgehead atoms. The summed E-state index contributed by atoms with van der Waals surface area (Å²) in [6.07, 6.45) is 2.85. The first kappa shape index (κ1) is 11.9. The number of hydrogen-bond donors (Lipinski definition) is 1. The number of benzene rings is 1. The van der Waals surface area contributed by atoms with Crippen molar-refractivity contribution in [1.29, 1.82) is 0 Å². The molecule has 0 aliphatic heterocycles. The van der Waals surface area contributed by atoms with Crippen molar-refractivity contribution in [3.05, 3.63) is 23.3 Å². The molecule has 0 atom stereocenters. The highest BCUT2D eigenvalue weighted by Gasteiger charge is 2.41. The van der Waals surface area contributed by atoms with Gasteiger partial charge in [-0.25, -0.2) is 0 Å². The summed E-state index contributed by atoms with van der Waals surface area (Å²) >= 11 is 0. The molecule has 4 nitrogen and oxygen atoms in total. The third-order valence-electron chi connectivity index (χ3n) is 3.06. The maximum Gasteiger partial charge on any atom is 0.164 e. The van der Waals surface area contributed by atoms with Gasteiger partial charge in [-0.2, -0.15) is 0 Å². The third-order valence-corrected chi connectivity index (χ3v) is 3.06. The van der Waals surface area contributed by atoms with E-state index in [1.807, 2.05) is 0 Å². The van der Waals surface area contributed by atoms with Gasteiger partial charge in [0.15, 0.2) is 11.5 Å². The number of methoxy groups -OCH3 is 2. The van der Waals surface area contributed by atoms with Gasteiger partial charge in [0.1, 0.15) is 6.29 Å². The Kier molecular flexibility index (Phi) is 3.07. The van der Waals surface area contributed by atoms with Crippen LogP contribution in [0.5, 0.6) is 11.5 Å². The Hall–Kier alpha value is -1.55. The lowest BCUT2D eigenvalue weighted by atomic mass is 10.0. The van der Waals surface area contributed by atoms with E-state index in [9.17, 15) is 9.90 Å². The fraction of sp³-hybridized carbons (Fsp3) is 0.462. The van der Waals surface area contributed by atoms with Crippen molar-refractivity contribution >= 4 is 6.29 Å². The summed E-state index contributed by atoms with van der Waals surface area (Å²) in [6.45, 7) is 0. The monoisotopic (exact) mass is 236 g/mol. The molecule has 0 spiro atoms. The standard InChI is InChI=1S/C13H16O4/c1-16-11-6-9(8-14)5-10(12(11)17-2)7-13(15)3-4-13/h5-6,8,15H,3-4,7H2,1-2H3. The van der Waals surface area contributed by atoms with Gasteiger partial charge in [-0.15, -0.1) is 0 Å². The van der Waals surface area contributed by atoms with Crippen molar-refractivity contribution in [3.63, 3.8) is 0 Å². The SMILES string of the molecule is COc1cc(C=O)cc(CC2(O)CC2)c1OC. The van der Waals surface area contributed by atoms with Crippen molar-refractivity contribution < 1.29 is 19.4 Å². The van der Waals surface area contributed by atoms with E-state index in [1.165, 1.54) is 7.11 Å². The first-order valence-corrected chi connectivity index (χ1v) is 5.54. The molecule has 1 N–H and O–H groups in total. The Bertz CT molecular complexity index is 435. The molecule has 4 heteroatoms. The Morgan fingerprint density at radius 1 is 1.35 bits per heavy atom. The molecule has 0 unspecified atom stereocenters. The lowest BCUT2D eigenvalue weighted by Crippen LogP contribution is -2.12. The molecule has 92 valence electrons. The predicted molar refractivity (Wildman–Crippen MR) is 62.8 cm³/mol. The maximum absolute atomic E-state index is 10.8. The third kappa shape index (κ3) is 2.42. The van der Waals surface area contributed by atoms with Gasteiger partial charge in [-0.05, 0) is 25.0 Å². The highest BCUT2D eigenvalue weighted by Crippen LogP contribution is 2.42. The number of carbonyl (C=O) groups is 1. The molecule has 0 saturated heterocycles. The smallest absolute Gasteiger partial charge is 0.164 e. The van der Waals surface area contributed by atoms with Crippen molar-refractivity contribution in [2.75, 3.05) is 14.2 Å². The molecule has 17 heavy (non-hydrogen) atoms. The zero-order chi connectivity index (χ0) is 12.5. The summed E-state index contributed by atoms with van der Waals surface area (Å²) in [7, 11) is 3.08. The van der Waals surface area contributed by atoms with Crippen LogP contribution < -0.4 is 9.47 Å². The Morgan fingerprint density at radius 2 is 2.06 bits per heavy atom. The van der Waals surface area contributed by atoms with E-state index in [1.54, 1.807) is 19.2 Å². The van der Waals surface area contributed by atoms with E-state index in [0.717, 1.165) is 24.7 Å². The second-order valence-corrected chi connectivity index (χ2v) is 4.43. The molecule has 2 rings (SSSR count). The van der Waals surface area contributed by atoms with Crippen LogP contribution >= 0.6 is 0 Å². The molecular weight excluding hydrogens is 220 g/mol. The van der Waals surface area contributed by atoms with Crippen LogP contribution in [-0.2, 0) is 6.42 Å². The molecule has 1 fully saturated rings. The van der Waals surface area contributed by atoms with Gasteiger partial charge in [0.2, 0.25) is 0 Å². The second-order valence-electron chi connectivity index (χ2n) is 4.43. The van der Waals surface area contributed by atoms with Crippen LogP contribution in [0.25, 0.3) is 0 Å². The number of aliphatic hydroxyl groups is 1. The van der Waals surface area contributed by atoms with E-state index < -0.39 is 5.60 Å². The number of hydrogen-bond acceptors (Lipinski definition) is 4. The van der Waals surface area contributed by atoms with Crippen LogP contribution in [0.3, 0.4) is 0 Å². The first-order valence-electron chi connectivity index (χ1n) is 5.54. The predicted octanol–water partition coefficient (Wildman–Crippen LogP) is 1.58. The maximum atomic E-state index is 10.8. The van der Waals surface area contributed by atoms with E-state index in [0.29, 0.717) is 23.5 Å². The van der Waals surface area contributed by atoms with Crippen molar-refractivity contribution in [2.45, 2.75) is 24.9 Å². The molecule has 1 aromatic rings. The molecule has 1 aromatic carbocycles. The summed E-state index contributed by atoms with van der Waals surface area (Å²) < 4.78 is 10.5. The molecule has 0 radical (unpaired) electrons. The zero-order valence-electron chi connectivity index (χ0n) is 10.0. The van der Waals surface area contributed by atoms with E-state index in [-0.39, 0.29) is 0 Å². The van der Waals surface area contributed by atoms with Crippen LogP contribution in [0.2, 0.25) is 0 Å². The van der Waals surface area contributed by atoms with Crippen molar-refractivity contribution in [3.8, 4) is 11.5 Å². The molecule has 0 aromatic heterocycles. The lowest BCUT2D eigenvalue weighted by molar-refractivity contribution is 0.112. The Balaban J connectivity index is 2.42. The lowest BCUT2D eigenvalue weighted by Gasteiger charge is -2.15. The average molecular weight is 236 g/mol. The van der Waals surface area contributed by atoms with Crippen LogP contribution in [0.4, 0.5) is 0 Å². The molecule has 1 aliphatic carbocycles. The molecule has 1 saturated carbocycles. The molecule has 1 aliphatic rings. The summed E-state index contributed by atoms with van der Waals surface area (Å²) in [4.78, 5) is 10.8. The van der Waals surface area contributed by atoms with Gasteiger partial charge < -0.3 is 14.6 Å². The summed E-state index contributed by atoms with van der Waals surface area (Å²) in [5.41, 5.74) is 0.718. The van der Waals surface area contributed by atoms with Crippen LogP contribution in [0.15, 0.2) is 12.1 Å². The molecular formula is C13H16O4. The van der Waals surface area contributed by atoms with E-state index in [2.05, 4.69) is 0 Å². The highest BCUT2D eigenvalue weighted by molar-refractivity contribution is 5.77. The minimum absolute atomic E-state index is 0.494. The van der Waals surface area contributed by atoms with Gasteiger partial charge in [0, 0.05) is 17.5 Å². The second kappa shape index (κ2) is 4.37. The van der Waals surface area contributed by atoms with Crippen molar-refractivity contribution in [2.24, 2.45) is 0 Å². The van der Waals surface area contributed by atoms with Gasteiger partial charge in [0.05, 0.1) is 19.8 Å². The quantitative estimate of drug-likeness (QED) is 0.789. The number of ether oxygens (including phenoxy) is 2. The fourth-order valence-electron chi connectivity index (χ4n) is 1.94. The topological polar surface area (TPSA) is 55.8 Å². The Morgan fingerprint density at radius 3 is 2.53 bits per heavy atom. The van der Waals surface area contributed by atoms with Crippen LogP contribution in [0.1, 0.15) is 28.8 Å². The Labute approximate surface area is 100 Å². The van der Waals surface area contributed by atoms with Crippen LogP contribution in [-0.4, -0.2) is 31.2 Å². The van der Waals surface area contributed by atoms with Gasteiger partial charge in [-0.3, -0.25) is 4.79 Å². The fourth-order valence-corrected chi connectivity index (χ4v) is 1.94. The van der Waals surface area contributed by atoms with Gasteiger partial charge in [-0.1, -0.05) is 0 Å². The minimum Gasteiger partial charge on any atom is -0.493 e. The first-order chi connectivity index (χ1) is 8.11. The molecule has 0 amide bonds. The molecule has 0 heterocycles. The van der Waals surface area contributed by atoms with Gasteiger partial charge in [0.25, 0.3) is 0 Å². The normalized spacial score (nSPS) is 16.4. The largest absolute Gasteiger partial charge is 0.493 e. The number of carbonyl (C=O) groups excluding carboxylic acids is 1. The van der Waals surface area contributed by atoms with E-state index in [4.69, 9.17) is 9.47 Å². The minimum atomic E-state index is -0.625. The number of rotatable bonds is 5. The van der Waals surface area contributed by atoms with Crippen LogP contribution in [0, 0.1) is 0 Å². The summed E-state index contributed by atoms with van der Waals surface area (Å²) in [5, 5.41) is 9.94. The van der Waals surface area contributed by atoms with Crippen molar-refractivity contribution in [1.82, 2.24) is 0 Å². The summed E-state index contributed by atoms with van der Waals surface area (Å²) in [6, 6.07) is 3.37. The van der Waals surface area contributed by atoms with E-state index >= 15 is 0 Å². The highest BCUT2D eigenvalue weighted by atomic mass is 16.5. The zero-order valence-corrected chi connectivity index (χ0v) is 10.0. The summed E-state index contributed by atoms with van der Waals surface area (Å²) in [5.74, 6) is 1.12. The van der Waals surface area contributed by atoms with Gasteiger partial charge >= 0.3 is 0 Å². The average Bonchev–Trinajstić information content (AvgIpc) is 3.05.